The first kappa shape index (κ1) is 16.2. The Balaban J connectivity index is 2.80. The Kier molecular flexibility index (Phi) is 7.11. The molecular formula is C17H30N2. The normalized spacial score (nSPS) is 14.6. The van der Waals surface area contributed by atoms with Gasteiger partial charge in [-0.25, -0.2) is 0 Å². The molecule has 0 spiro atoms. The van der Waals surface area contributed by atoms with E-state index in [0.717, 1.165) is 19.6 Å². The fourth-order valence-corrected chi connectivity index (χ4v) is 2.70. The van der Waals surface area contributed by atoms with Crippen LogP contribution in [0, 0.1) is 0 Å². The summed E-state index contributed by atoms with van der Waals surface area (Å²) in [6, 6.07) is 10.9. The molecule has 0 aliphatic carbocycles. The minimum Gasteiger partial charge on any atom is -0.319 e. The molecular weight excluding hydrogens is 232 g/mol. The molecule has 0 saturated heterocycles. The Morgan fingerprint density at radius 2 is 1.84 bits per heavy atom. The van der Waals surface area contributed by atoms with Gasteiger partial charge in [0.05, 0.1) is 0 Å². The number of hydrogen-bond acceptors (Lipinski definition) is 2. The molecule has 1 aromatic carbocycles. The number of benzene rings is 1. The van der Waals surface area contributed by atoms with E-state index >= 15 is 0 Å². The van der Waals surface area contributed by atoms with E-state index in [-0.39, 0.29) is 5.41 Å². The van der Waals surface area contributed by atoms with Crippen LogP contribution < -0.4 is 5.32 Å². The molecule has 0 saturated carbocycles. The number of nitrogens with zero attached hydrogens (tertiary/aromatic N) is 1. The van der Waals surface area contributed by atoms with Gasteiger partial charge in [-0.2, -0.15) is 0 Å². The van der Waals surface area contributed by atoms with Crippen LogP contribution in [-0.4, -0.2) is 38.1 Å². The Labute approximate surface area is 119 Å². The summed E-state index contributed by atoms with van der Waals surface area (Å²) in [5, 5.41) is 3.37. The lowest BCUT2D eigenvalue weighted by Gasteiger charge is -2.35. The highest BCUT2D eigenvalue weighted by Crippen LogP contribution is 2.24. The highest BCUT2D eigenvalue weighted by Gasteiger charge is 2.27. The van der Waals surface area contributed by atoms with Crippen molar-refractivity contribution in [2.75, 3.05) is 33.2 Å². The molecule has 0 amide bonds. The van der Waals surface area contributed by atoms with Crippen LogP contribution in [0.3, 0.4) is 0 Å². The van der Waals surface area contributed by atoms with Crippen LogP contribution in [0.25, 0.3) is 0 Å². The highest BCUT2D eigenvalue weighted by molar-refractivity contribution is 5.25. The molecule has 2 nitrogen and oxygen atoms in total. The van der Waals surface area contributed by atoms with E-state index in [1.54, 1.807) is 0 Å². The van der Waals surface area contributed by atoms with Gasteiger partial charge in [-0.15, -0.1) is 0 Å². The molecule has 2 heteroatoms. The SMILES string of the molecule is CCCCN(CC)CC(C)(CNC)c1ccccc1. The molecule has 0 heterocycles. The molecule has 108 valence electrons. The van der Waals surface area contributed by atoms with Gasteiger partial charge in [0.1, 0.15) is 0 Å². The van der Waals surface area contributed by atoms with Crippen LogP contribution in [0.1, 0.15) is 39.2 Å². The van der Waals surface area contributed by atoms with E-state index in [2.05, 4.69) is 61.3 Å². The standard InChI is InChI=1S/C17H30N2/c1-5-7-13-19(6-2)15-17(3,14-18-4)16-11-9-8-10-12-16/h8-12,18H,5-7,13-15H2,1-4H3. The van der Waals surface area contributed by atoms with Gasteiger partial charge in [-0.05, 0) is 32.1 Å². The van der Waals surface area contributed by atoms with E-state index in [1.807, 2.05) is 7.05 Å². The Morgan fingerprint density at radius 1 is 1.16 bits per heavy atom. The summed E-state index contributed by atoms with van der Waals surface area (Å²) in [7, 11) is 2.05. The van der Waals surface area contributed by atoms with Crippen LogP contribution in [0.15, 0.2) is 30.3 Å². The Hall–Kier alpha value is -0.860. The fraction of sp³-hybridized carbons (Fsp3) is 0.647. The number of hydrogen-bond donors (Lipinski definition) is 1. The van der Waals surface area contributed by atoms with E-state index in [1.165, 1.54) is 24.9 Å². The summed E-state index contributed by atoms with van der Waals surface area (Å²) in [4.78, 5) is 2.58. The maximum absolute atomic E-state index is 3.37. The molecule has 0 radical (unpaired) electrons. The minimum atomic E-state index is 0.180. The van der Waals surface area contributed by atoms with Gasteiger partial charge in [-0.3, -0.25) is 0 Å². The molecule has 1 N–H and O–H groups in total. The predicted octanol–water partition coefficient (Wildman–Crippen LogP) is 3.29. The second-order valence-electron chi connectivity index (χ2n) is 5.68. The number of likely N-dealkylation sites (N-methyl/N-ethyl adjacent to an activating group) is 2. The first-order chi connectivity index (χ1) is 9.16. The van der Waals surface area contributed by atoms with Crippen molar-refractivity contribution < 1.29 is 0 Å². The molecule has 1 aromatic rings. The average Bonchev–Trinajstić information content (AvgIpc) is 2.44. The van der Waals surface area contributed by atoms with Crippen LogP contribution >= 0.6 is 0 Å². The highest BCUT2D eigenvalue weighted by atomic mass is 15.1. The monoisotopic (exact) mass is 262 g/mol. The van der Waals surface area contributed by atoms with E-state index in [9.17, 15) is 0 Å². The first-order valence-corrected chi connectivity index (χ1v) is 7.58. The number of unbranched alkanes of at least 4 members (excludes halogenated alkanes) is 1. The van der Waals surface area contributed by atoms with Crippen molar-refractivity contribution in [3.63, 3.8) is 0 Å². The third-order valence-corrected chi connectivity index (χ3v) is 3.89. The number of nitrogens with one attached hydrogen (secondary N) is 1. The van der Waals surface area contributed by atoms with Crippen LogP contribution in [0.5, 0.6) is 0 Å². The molecule has 19 heavy (non-hydrogen) atoms. The summed E-state index contributed by atoms with van der Waals surface area (Å²) in [6.45, 7) is 11.4. The summed E-state index contributed by atoms with van der Waals surface area (Å²) < 4.78 is 0. The van der Waals surface area contributed by atoms with Gasteiger partial charge in [0.15, 0.2) is 0 Å². The molecule has 0 aromatic heterocycles. The molecule has 1 rings (SSSR count). The molecule has 0 fully saturated rings. The Bertz CT molecular complexity index is 336. The van der Waals surface area contributed by atoms with Crippen molar-refractivity contribution >= 4 is 0 Å². The lowest BCUT2D eigenvalue weighted by Crippen LogP contribution is -2.45. The summed E-state index contributed by atoms with van der Waals surface area (Å²) >= 11 is 0. The zero-order valence-electron chi connectivity index (χ0n) is 13.1. The van der Waals surface area contributed by atoms with Crippen molar-refractivity contribution in [1.29, 1.82) is 0 Å². The van der Waals surface area contributed by atoms with Crippen molar-refractivity contribution in [2.24, 2.45) is 0 Å². The van der Waals surface area contributed by atoms with E-state index < -0.39 is 0 Å². The molecule has 0 bridgehead atoms. The zero-order chi connectivity index (χ0) is 14.1. The second kappa shape index (κ2) is 8.34. The molecule has 1 unspecified atom stereocenters. The van der Waals surface area contributed by atoms with Crippen molar-refractivity contribution in [3.8, 4) is 0 Å². The van der Waals surface area contributed by atoms with E-state index in [4.69, 9.17) is 0 Å². The fourth-order valence-electron chi connectivity index (χ4n) is 2.70. The molecule has 0 aliphatic rings. The summed E-state index contributed by atoms with van der Waals surface area (Å²) in [5.41, 5.74) is 1.61. The predicted molar refractivity (Wildman–Crippen MR) is 84.7 cm³/mol. The van der Waals surface area contributed by atoms with Crippen molar-refractivity contribution in [3.05, 3.63) is 35.9 Å². The van der Waals surface area contributed by atoms with E-state index in [0.29, 0.717) is 0 Å². The third-order valence-electron chi connectivity index (χ3n) is 3.89. The zero-order valence-corrected chi connectivity index (χ0v) is 13.1. The maximum atomic E-state index is 3.37. The van der Waals surface area contributed by atoms with Gasteiger partial charge in [0.25, 0.3) is 0 Å². The van der Waals surface area contributed by atoms with Crippen LogP contribution in [0.4, 0.5) is 0 Å². The van der Waals surface area contributed by atoms with Crippen LogP contribution in [0.2, 0.25) is 0 Å². The number of rotatable bonds is 9. The van der Waals surface area contributed by atoms with Gasteiger partial charge in [0.2, 0.25) is 0 Å². The van der Waals surface area contributed by atoms with Gasteiger partial charge in [0, 0.05) is 18.5 Å². The van der Waals surface area contributed by atoms with Gasteiger partial charge in [-0.1, -0.05) is 57.5 Å². The lowest BCUT2D eigenvalue weighted by atomic mass is 9.81. The second-order valence-corrected chi connectivity index (χ2v) is 5.68. The third kappa shape index (κ3) is 4.96. The largest absolute Gasteiger partial charge is 0.319 e. The smallest absolute Gasteiger partial charge is 0.0176 e. The maximum Gasteiger partial charge on any atom is 0.0176 e. The quantitative estimate of drug-likeness (QED) is 0.734. The van der Waals surface area contributed by atoms with Crippen LogP contribution in [-0.2, 0) is 5.41 Å². The average molecular weight is 262 g/mol. The van der Waals surface area contributed by atoms with Crippen molar-refractivity contribution in [1.82, 2.24) is 10.2 Å². The first-order valence-electron chi connectivity index (χ1n) is 7.58. The topological polar surface area (TPSA) is 15.3 Å². The summed E-state index contributed by atoms with van der Waals surface area (Å²) in [5.74, 6) is 0. The minimum absolute atomic E-state index is 0.180. The van der Waals surface area contributed by atoms with Gasteiger partial charge < -0.3 is 10.2 Å². The molecule has 0 aliphatic heterocycles. The lowest BCUT2D eigenvalue weighted by molar-refractivity contribution is 0.219. The van der Waals surface area contributed by atoms with Gasteiger partial charge >= 0.3 is 0 Å². The summed E-state index contributed by atoms with van der Waals surface area (Å²) in [6.07, 6.45) is 2.56. The Morgan fingerprint density at radius 3 is 2.37 bits per heavy atom. The van der Waals surface area contributed by atoms with Crippen molar-refractivity contribution in [2.45, 2.75) is 39.0 Å². The molecule has 1 atom stereocenters.